The van der Waals surface area contributed by atoms with Crippen molar-refractivity contribution < 1.29 is 4.74 Å². The lowest BCUT2D eigenvalue weighted by atomic mass is 10.1. The molecule has 1 N–H and O–H groups in total. The lowest BCUT2D eigenvalue weighted by molar-refractivity contribution is 0.166. The molecule has 102 valence electrons. The molecule has 1 rings (SSSR count). The molecule has 0 amide bonds. The van der Waals surface area contributed by atoms with Crippen molar-refractivity contribution in [1.29, 1.82) is 0 Å². The van der Waals surface area contributed by atoms with Crippen LogP contribution in [-0.2, 0) is 0 Å². The zero-order valence-corrected chi connectivity index (χ0v) is 12.6. The van der Waals surface area contributed by atoms with Crippen LogP contribution in [0.2, 0.25) is 5.02 Å². The first-order valence-corrected chi connectivity index (χ1v) is 7.12. The van der Waals surface area contributed by atoms with Gasteiger partial charge in [-0.05, 0) is 50.9 Å². The maximum atomic E-state index is 6.03. The largest absolute Gasteiger partial charge is 0.489 e. The van der Waals surface area contributed by atoms with E-state index in [9.17, 15) is 0 Å². The predicted octanol–water partition coefficient (Wildman–Crippen LogP) is 4.19. The summed E-state index contributed by atoms with van der Waals surface area (Å²) in [5.41, 5.74) is 1.12. The number of nitrogens with one attached hydrogen (secondary N) is 1. The number of hydrogen-bond donors (Lipinski definition) is 1. The summed E-state index contributed by atoms with van der Waals surface area (Å²) in [4.78, 5) is 0. The van der Waals surface area contributed by atoms with E-state index < -0.39 is 0 Å². The Balaban J connectivity index is 2.66. The summed E-state index contributed by atoms with van der Waals surface area (Å²) in [6.45, 7) is 9.53. The Kier molecular flexibility index (Phi) is 6.51. The number of benzene rings is 1. The Morgan fingerprint density at radius 1 is 1.33 bits per heavy atom. The van der Waals surface area contributed by atoms with Crippen LogP contribution in [0.3, 0.4) is 0 Å². The van der Waals surface area contributed by atoms with Gasteiger partial charge in [0, 0.05) is 11.1 Å². The van der Waals surface area contributed by atoms with E-state index in [-0.39, 0.29) is 6.10 Å². The van der Waals surface area contributed by atoms with Crippen molar-refractivity contribution >= 4 is 11.6 Å². The lowest BCUT2D eigenvalue weighted by Gasteiger charge is -2.25. The number of halogens is 1. The van der Waals surface area contributed by atoms with Crippen LogP contribution in [-0.4, -0.2) is 18.7 Å². The molecule has 18 heavy (non-hydrogen) atoms. The van der Waals surface area contributed by atoms with Crippen LogP contribution in [0.4, 0.5) is 0 Å². The SMILES string of the molecule is CCCNC(CC)C(C)Oc1cc(Cl)ccc1C. The summed E-state index contributed by atoms with van der Waals surface area (Å²) in [6.07, 6.45) is 2.33. The van der Waals surface area contributed by atoms with E-state index in [1.54, 1.807) is 0 Å². The van der Waals surface area contributed by atoms with Gasteiger partial charge in [-0.15, -0.1) is 0 Å². The molecular formula is C15H24ClNO. The van der Waals surface area contributed by atoms with Gasteiger partial charge in [-0.25, -0.2) is 0 Å². The van der Waals surface area contributed by atoms with E-state index in [1.165, 1.54) is 0 Å². The van der Waals surface area contributed by atoms with E-state index >= 15 is 0 Å². The average molecular weight is 270 g/mol. The van der Waals surface area contributed by atoms with Gasteiger partial charge in [0.05, 0.1) is 0 Å². The minimum absolute atomic E-state index is 0.138. The highest BCUT2D eigenvalue weighted by Gasteiger charge is 2.17. The van der Waals surface area contributed by atoms with Crippen LogP contribution in [0, 0.1) is 6.92 Å². The molecule has 0 fully saturated rings. The second-order valence-corrected chi connectivity index (χ2v) is 5.14. The van der Waals surface area contributed by atoms with Crippen molar-refractivity contribution in [3.8, 4) is 5.75 Å². The van der Waals surface area contributed by atoms with Crippen LogP contribution >= 0.6 is 11.6 Å². The van der Waals surface area contributed by atoms with Crippen molar-refractivity contribution in [2.24, 2.45) is 0 Å². The molecule has 3 heteroatoms. The van der Waals surface area contributed by atoms with Gasteiger partial charge in [0.2, 0.25) is 0 Å². The van der Waals surface area contributed by atoms with Gasteiger partial charge >= 0.3 is 0 Å². The normalized spacial score (nSPS) is 14.3. The van der Waals surface area contributed by atoms with E-state index in [2.05, 4.69) is 26.1 Å². The summed E-state index contributed by atoms with van der Waals surface area (Å²) >= 11 is 6.00. The van der Waals surface area contributed by atoms with Gasteiger partial charge in [0.25, 0.3) is 0 Å². The Morgan fingerprint density at radius 3 is 2.67 bits per heavy atom. The third-order valence-corrected chi connectivity index (χ3v) is 3.36. The Hall–Kier alpha value is -0.730. The molecule has 2 atom stereocenters. The smallest absolute Gasteiger partial charge is 0.124 e. The fourth-order valence-electron chi connectivity index (χ4n) is 1.96. The summed E-state index contributed by atoms with van der Waals surface area (Å²) in [5.74, 6) is 0.881. The standard InChI is InChI=1S/C15H24ClNO/c1-5-9-17-14(6-2)12(4)18-15-10-13(16)8-7-11(15)3/h7-8,10,12,14,17H,5-6,9H2,1-4H3. The molecule has 1 aromatic carbocycles. The summed E-state index contributed by atoms with van der Waals surface area (Å²) in [5, 5.41) is 4.23. The molecule has 0 saturated heterocycles. The summed E-state index contributed by atoms with van der Waals surface area (Å²) < 4.78 is 6.03. The first kappa shape index (κ1) is 15.3. The Morgan fingerprint density at radius 2 is 2.06 bits per heavy atom. The first-order valence-electron chi connectivity index (χ1n) is 6.74. The van der Waals surface area contributed by atoms with Gasteiger partial charge in [-0.1, -0.05) is 31.5 Å². The molecule has 0 saturated carbocycles. The molecule has 0 aromatic heterocycles. The quantitative estimate of drug-likeness (QED) is 0.801. The van der Waals surface area contributed by atoms with Gasteiger partial charge in [-0.3, -0.25) is 0 Å². The molecule has 1 aromatic rings. The van der Waals surface area contributed by atoms with Crippen LogP contribution in [0.5, 0.6) is 5.75 Å². The number of aryl methyl sites for hydroxylation is 1. The fourth-order valence-corrected chi connectivity index (χ4v) is 2.12. The molecule has 0 aliphatic carbocycles. The van der Waals surface area contributed by atoms with Gasteiger partial charge in [0.15, 0.2) is 0 Å². The average Bonchev–Trinajstić information content (AvgIpc) is 2.35. The second kappa shape index (κ2) is 7.65. The van der Waals surface area contributed by atoms with Crippen molar-refractivity contribution in [2.75, 3.05) is 6.54 Å². The van der Waals surface area contributed by atoms with E-state index in [4.69, 9.17) is 16.3 Å². The number of ether oxygens (including phenoxy) is 1. The molecular weight excluding hydrogens is 246 g/mol. The highest BCUT2D eigenvalue weighted by atomic mass is 35.5. The highest BCUT2D eigenvalue weighted by molar-refractivity contribution is 6.30. The minimum Gasteiger partial charge on any atom is -0.489 e. The highest BCUT2D eigenvalue weighted by Crippen LogP contribution is 2.24. The van der Waals surface area contributed by atoms with Gasteiger partial charge < -0.3 is 10.1 Å². The monoisotopic (exact) mass is 269 g/mol. The van der Waals surface area contributed by atoms with Gasteiger partial charge in [-0.2, -0.15) is 0 Å². The summed E-state index contributed by atoms with van der Waals surface area (Å²) in [7, 11) is 0. The van der Waals surface area contributed by atoms with E-state index in [0.717, 1.165) is 35.7 Å². The topological polar surface area (TPSA) is 21.3 Å². The zero-order valence-electron chi connectivity index (χ0n) is 11.8. The number of rotatable bonds is 7. The second-order valence-electron chi connectivity index (χ2n) is 4.70. The maximum Gasteiger partial charge on any atom is 0.124 e. The van der Waals surface area contributed by atoms with Crippen molar-refractivity contribution in [3.05, 3.63) is 28.8 Å². The third kappa shape index (κ3) is 4.51. The van der Waals surface area contributed by atoms with Crippen molar-refractivity contribution in [1.82, 2.24) is 5.32 Å². The van der Waals surface area contributed by atoms with E-state index in [1.807, 2.05) is 25.1 Å². The summed E-state index contributed by atoms with van der Waals surface area (Å²) in [6, 6.07) is 6.15. The zero-order chi connectivity index (χ0) is 13.5. The van der Waals surface area contributed by atoms with Crippen LogP contribution < -0.4 is 10.1 Å². The Bertz CT molecular complexity index is 368. The fraction of sp³-hybridized carbons (Fsp3) is 0.600. The predicted molar refractivity (Wildman–Crippen MR) is 78.7 cm³/mol. The van der Waals surface area contributed by atoms with Gasteiger partial charge in [0.1, 0.15) is 11.9 Å². The van der Waals surface area contributed by atoms with Crippen LogP contribution in [0.25, 0.3) is 0 Å². The molecule has 0 heterocycles. The molecule has 0 radical (unpaired) electrons. The van der Waals surface area contributed by atoms with E-state index in [0.29, 0.717) is 6.04 Å². The number of hydrogen-bond acceptors (Lipinski definition) is 2. The Labute approximate surface area is 116 Å². The molecule has 0 aliphatic heterocycles. The van der Waals surface area contributed by atoms with Crippen LogP contribution in [0.1, 0.15) is 39.2 Å². The van der Waals surface area contributed by atoms with Crippen molar-refractivity contribution in [2.45, 2.75) is 52.7 Å². The lowest BCUT2D eigenvalue weighted by Crippen LogP contribution is -2.41. The molecule has 2 nitrogen and oxygen atoms in total. The molecule has 0 aliphatic rings. The van der Waals surface area contributed by atoms with Crippen LogP contribution in [0.15, 0.2) is 18.2 Å². The first-order chi connectivity index (χ1) is 8.58. The minimum atomic E-state index is 0.138. The molecule has 0 bridgehead atoms. The van der Waals surface area contributed by atoms with Crippen molar-refractivity contribution in [3.63, 3.8) is 0 Å². The third-order valence-electron chi connectivity index (χ3n) is 3.13. The molecule has 0 spiro atoms. The maximum absolute atomic E-state index is 6.03. The molecule has 2 unspecified atom stereocenters.